The Labute approximate surface area is 81.0 Å². The first kappa shape index (κ1) is 12.2. The zero-order chi connectivity index (χ0) is 9.94. The van der Waals surface area contributed by atoms with Crippen molar-refractivity contribution in [3.05, 3.63) is 12.3 Å². The fraction of sp³-hybridized carbons (Fsp3) is 0.727. The van der Waals surface area contributed by atoms with E-state index in [1.165, 1.54) is 25.5 Å². The van der Waals surface area contributed by atoms with E-state index in [1.54, 1.807) is 6.08 Å². The first-order chi connectivity index (χ1) is 6.31. The predicted molar refractivity (Wildman–Crippen MR) is 54.3 cm³/mol. The lowest BCUT2D eigenvalue weighted by Crippen LogP contribution is -1.98. The molecule has 13 heavy (non-hydrogen) atoms. The standard InChI is InChI=1S/C11H20O2/c1-3-5-6-7-8-9-11(12)13-10-4-2/h4,10H,3,5-9H2,1-2H3. The molecule has 0 aliphatic heterocycles. The smallest absolute Gasteiger partial charge is 0.310 e. The molecule has 0 rings (SSSR count). The molecule has 0 atom stereocenters. The zero-order valence-electron chi connectivity index (χ0n) is 8.71. The van der Waals surface area contributed by atoms with Crippen LogP contribution in [0.15, 0.2) is 12.3 Å². The molecule has 0 N–H and O–H groups in total. The highest BCUT2D eigenvalue weighted by molar-refractivity contribution is 5.69. The Hall–Kier alpha value is -0.790. The number of carbonyl (C=O) groups is 1. The fourth-order valence-electron chi connectivity index (χ4n) is 1.08. The van der Waals surface area contributed by atoms with Gasteiger partial charge < -0.3 is 4.74 Å². The second-order valence-corrected chi connectivity index (χ2v) is 3.12. The number of hydrogen-bond acceptors (Lipinski definition) is 2. The van der Waals surface area contributed by atoms with Crippen LogP contribution in [0, 0.1) is 0 Å². The van der Waals surface area contributed by atoms with Gasteiger partial charge >= 0.3 is 5.97 Å². The van der Waals surface area contributed by atoms with Crippen LogP contribution in [0.25, 0.3) is 0 Å². The first-order valence-electron chi connectivity index (χ1n) is 5.12. The van der Waals surface area contributed by atoms with Crippen molar-refractivity contribution in [2.45, 2.75) is 52.4 Å². The summed E-state index contributed by atoms with van der Waals surface area (Å²) in [5.41, 5.74) is 0. The number of esters is 1. The summed E-state index contributed by atoms with van der Waals surface area (Å²) < 4.78 is 4.78. The van der Waals surface area contributed by atoms with E-state index in [2.05, 4.69) is 6.92 Å². The minimum absolute atomic E-state index is 0.116. The van der Waals surface area contributed by atoms with Crippen molar-refractivity contribution in [1.29, 1.82) is 0 Å². The van der Waals surface area contributed by atoms with Crippen LogP contribution in [0.3, 0.4) is 0 Å². The van der Waals surface area contributed by atoms with Crippen LogP contribution in [0.1, 0.15) is 52.4 Å². The highest BCUT2D eigenvalue weighted by Crippen LogP contribution is 2.05. The SMILES string of the molecule is CC=COC(=O)CCCCCCC. The van der Waals surface area contributed by atoms with Gasteiger partial charge in [0.2, 0.25) is 0 Å². The van der Waals surface area contributed by atoms with Gasteiger partial charge in [-0.05, 0) is 13.3 Å². The van der Waals surface area contributed by atoms with Gasteiger partial charge in [-0.3, -0.25) is 4.79 Å². The Morgan fingerprint density at radius 1 is 1.23 bits per heavy atom. The molecular weight excluding hydrogens is 164 g/mol. The van der Waals surface area contributed by atoms with E-state index in [4.69, 9.17) is 4.74 Å². The van der Waals surface area contributed by atoms with E-state index in [9.17, 15) is 4.79 Å². The van der Waals surface area contributed by atoms with E-state index in [0.717, 1.165) is 12.8 Å². The second kappa shape index (κ2) is 9.30. The van der Waals surface area contributed by atoms with Crippen molar-refractivity contribution < 1.29 is 9.53 Å². The van der Waals surface area contributed by atoms with Crippen LogP contribution in [0.2, 0.25) is 0 Å². The largest absolute Gasteiger partial charge is 0.435 e. The summed E-state index contributed by atoms with van der Waals surface area (Å²) in [6.45, 7) is 4.01. The van der Waals surface area contributed by atoms with Gasteiger partial charge in [-0.25, -0.2) is 0 Å². The summed E-state index contributed by atoms with van der Waals surface area (Å²) in [5.74, 6) is -0.116. The van der Waals surface area contributed by atoms with Crippen LogP contribution >= 0.6 is 0 Å². The van der Waals surface area contributed by atoms with E-state index < -0.39 is 0 Å². The maximum atomic E-state index is 11.0. The maximum Gasteiger partial charge on any atom is 0.310 e. The van der Waals surface area contributed by atoms with E-state index in [0.29, 0.717) is 6.42 Å². The normalized spacial score (nSPS) is 10.6. The monoisotopic (exact) mass is 184 g/mol. The lowest BCUT2D eigenvalue weighted by Gasteiger charge is -1.99. The molecule has 0 saturated carbocycles. The molecule has 2 nitrogen and oxygen atoms in total. The van der Waals surface area contributed by atoms with Gasteiger partial charge in [0.05, 0.1) is 6.26 Å². The Morgan fingerprint density at radius 2 is 1.92 bits per heavy atom. The molecule has 76 valence electrons. The molecule has 0 bridgehead atoms. The maximum absolute atomic E-state index is 11.0. The summed E-state index contributed by atoms with van der Waals surface area (Å²) in [6, 6.07) is 0. The van der Waals surface area contributed by atoms with Gasteiger partial charge in [-0.1, -0.05) is 38.7 Å². The first-order valence-corrected chi connectivity index (χ1v) is 5.12. The lowest BCUT2D eigenvalue weighted by molar-refractivity contribution is -0.138. The number of hydrogen-bond donors (Lipinski definition) is 0. The third-order valence-corrected chi connectivity index (χ3v) is 1.82. The van der Waals surface area contributed by atoms with Crippen LogP contribution in [0.4, 0.5) is 0 Å². The number of unbranched alkanes of at least 4 members (excludes halogenated alkanes) is 4. The van der Waals surface area contributed by atoms with Crippen molar-refractivity contribution in [2.75, 3.05) is 0 Å². The molecule has 2 heteroatoms. The van der Waals surface area contributed by atoms with Crippen molar-refractivity contribution in [1.82, 2.24) is 0 Å². The summed E-state index contributed by atoms with van der Waals surface area (Å²) >= 11 is 0. The summed E-state index contributed by atoms with van der Waals surface area (Å²) in [7, 11) is 0. The lowest BCUT2D eigenvalue weighted by atomic mass is 10.1. The molecule has 0 aliphatic rings. The van der Waals surface area contributed by atoms with Crippen LogP contribution in [-0.4, -0.2) is 5.97 Å². The molecule has 0 fully saturated rings. The molecular formula is C11H20O2. The fourth-order valence-corrected chi connectivity index (χ4v) is 1.08. The van der Waals surface area contributed by atoms with E-state index >= 15 is 0 Å². The topological polar surface area (TPSA) is 26.3 Å². The molecule has 0 aromatic heterocycles. The second-order valence-electron chi connectivity index (χ2n) is 3.12. The number of allylic oxidation sites excluding steroid dienone is 1. The highest BCUT2D eigenvalue weighted by Gasteiger charge is 1.99. The number of carbonyl (C=O) groups excluding carboxylic acids is 1. The van der Waals surface area contributed by atoms with Gasteiger partial charge in [0, 0.05) is 6.42 Å². The molecule has 0 amide bonds. The van der Waals surface area contributed by atoms with E-state index in [-0.39, 0.29) is 5.97 Å². The summed E-state index contributed by atoms with van der Waals surface area (Å²) in [6.07, 6.45) is 9.53. The van der Waals surface area contributed by atoms with Crippen molar-refractivity contribution in [3.8, 4) is 0 Å². The summed E-state index contributed by atoms with van der Waals surface area (Å²) in [4.78, 5) is 11.0. The van der Waals surface area contributed by atoms with Gasteiger partial charge in [-0.15, -0.1) is 0 Å². The Bertz CT molecular complexity index is 150. The van der Waals surface area contributed by atoms with Crippen LogP contribution in [-0.2, 0) is 9.53 Å². The quantitative estimate of drug-likeness (QED) is 0.344. The van der Waals surface area contributed by atoms with Crippen molar-refractivity contribution in [2.24, 2.45) is 0 Å². The number of ether oxygens (including phenoxy) is 1. The Morgan fingerprint density at radius 3 is 2.54 bits per heavy atom. The van der Waals surface area contributed by atoms with Crippen molar-refractivity contribution >= 4 is 5.97 Å². The third-order valence-electron chi connectivity index (χ3n) is 1.82. The van der Waals surface area contributed by atoms with E-state index in [1.807, 2.05) is 6.92 Å². The molecule has 0 aromatic rings. The predicted octanol–water partition coefficient (Wildman–Crippen LogP) is 3.42. The average molecular weight is 184 g/mol. The molecule has 0 saturated heterocycles. The third kappa shape index (κ3) is 9.12. The molecule has 0 radical (unpaired) electrons. The highest BCUT2D eigenvalue weighted by atomic mass is 16.5. The van der Waals surface area contributed by atoms with Gasteiger partial charge in [0.15, 0.2) is 0 Å². The molecule has 0 aromatic carbocycles. The molecule has 0 heterocycles. The minimum Gasteiger partial charge on any atom is -0.435 e. The Balaban J connectivity index is 3.17. The molecule has 0 aliphatic carbocycles. The Kier molecular flexibility index (Phi) is 8.73. The van der Waals surface area contributed by atoms with Gasteiger partial charge in [0.1, 0.15) is 0 Å². The zero-order valence-corrected chi connectivity index (χ0v) is 8.71. The van der Waals surface area contributed by atoms with Crippen LogP contribution < -0.4 is 0 Å². The minimum atomic E-state index is -0.116. The van der Waals surface area contributed by atoms with Crippen molar-refractivity contribution in [3.63, 3.8) is 0 Å². The average Bonchev–Trinajstić information content (AvgIpc) is 2.14. The van der Waals surface area contributed by atoms with Gasteiger partial charge in [-0.2, -0.15) is 0 Å². The van der Waals surface area contributed by atoms with Crippen LogP contribution in [0.5, 0.6) is 0 Å². The summed E-state index contributed by atoms with van der Waals surface area (Å²) in [5, 5.41) is 0. The van der Waals surface area contributed by atoms with Gasteiger partial charge in [0.25, 0.3) is 0 Å². The molecule has 0 spiro atoms. The molecule has 0 unspecified atom stereocenters. The number of rotatable bonds is 7.